The van der Waals surface area contributed by atoms with E-state index < -0.39 is 52.9 Å². The predicted octanol–water partition coefficient (Wildman–Crippen LogP) is 5.69. The number of hydrogen-bond donors (Lipinski definition) is 3. The van der Waals surface area contributed by atoms with E-state index in [0.29, 0.717) is 24.6 Å². The van der Waals surface area contributed by atoms with Gasteiger partial charge in [0.2, 0.25) is 11.8 Å². The lowest BCUT2D eigenvalue weighted by atomic mass is 9.97. The van der Waals surface area contributed by atoms with Gasteiger partial charge in [0.1, 0.15) is 23.2 Å². The third-order valence-corrected chi connectivity index (χ3v) is 8.43. The van der Waals surface area contributed by atoms with Crippen LogP contribution in [0.25, 0.3) is 0 Å². The van der Waals surface area contributed by atoms with Crippen molar-refractivity contribution in [1.29, 1.82) is 0 Å². The molecule has 2 aromatic carbocycles. The Morgan fingerprint density at radius 1 is 0.942 bits per heavy atom. The standard InChI is InChI=1S/C37H47F3N6O6/c1-24-16-18-45(19-17-24)32(48)30(26-12-14-27(15-13-26)37(38,39)40)46-20-29(41-23-46)43-31(47)28(22-51-21-25-10-8-7-9-11-25)42-33(49)36(5,6)44-34(50)52-35(2,3)4/h7-15,20,23-24,28,30H,16-19,21-22H2,1-6H3,(H,42,49)(H,43,47)(H,44,50). The average Bonchev–Trinajstić information content (AvgIpc) is 3.51. The van der Waals surface area contributed by atoms with Gasteiger partial charge in [0, 0.05) is 19.3 Å². The van der Waals surface area contributed by atoms with Crippen LogP contribution in [0.15, 0.2) is 67.1 Å². The molecular formula is C37H47F3N6O6. The summed E-state index contributed by atoms with van der Waals surface area (Å²) in [7, 11) is 0. The second kappa shape index (κ2) is 16.6. The zero-order chi connectivity index (χ0) is 38.3. The minimum absolute atomic E-state index is 0.0235. The summed E-state index contributed by atoms with van der Waals surface area (Å²) >= 11 is 0. The third kappa shape index (κ3) is 11.3. The average molecular weight is 729 g/mol. The summed E-state index contributed by atoms with van der Waals surface area (Å²) in [4.78, 5) is 59.4. The SMILES string of the molecule is CC1CCN(C(=O)C(c2ccc(C(F)(F)F)cc2)n2cnc(NC(=O)C(COCc3ccccc3)NC(=O)C(C)(C)NC(=O)OC(C)(C)C)c2)CC1. The molecule has 52 heavy (non-hydrogen) atoms. The smallest absolute Gasteiger partial charge is 0.416 e. The largest absolute Gasteiger partial charge is 0.444 e. The Labute approximate surface area is 301 Å². The molecule has 3 aromatic rings. The van der Waals surface area contributed by atoms with E-state index in [2.05, 4.69) is 27.9 Å². The van der Waals surface area contributed by atoms with E-state index in [1.807, 2.05) is 30.3 Å². The van der Waals surface area contributed by atoms with E-state index in [-0.39, 0.29) is 24.9 Å². The monoisotopic (exact) mass is 728 g/mol. The van der Waals surface area contributed by atoms with E-state index in [0.717, 1.165) is 30.5 Å². The van der Waals surface area contributed by atoms with Gasteiger partial charge in [-0.1, -0.05) is 49.4 Å². The van der Waals surface area contributed by atoms with E-state index in [4.69, 9.17) is 9.47 Å². The number of amides is 4. The maximum absolute atomic E-state index is 13.9. The first-order chi connectivity index (χ1) is 24.3. The molecule has 1 saturated heterocycles. The van der Waals surface area contributed by atoms with Crippen LogP contribution < -0.4 is 16.0 Å². The van der Waals surface area contributed by atoms with Crippen LogP contribution >= 0.6 is 0 Å². The van der Waals surface area contributed by atoms with Crippen LogP contribution in [0, 0.1) is 5.92 Å². The number of nitrogens with one attached hydrogen (secondary N) is 3. The normalized spacial score (nSPS) is 15.4. The molecule has 3 N–H and O–H groups in total. The number of aromatic nitrogens is 2. The van der Waals surface area contributed by atoms with Crippen molar-refractivity contribution >= 4 is 29.6 Å². The molecule has 1 fully saturated rings. The number of alkyl halides is 3. The van der Waals surface area contributed by atoms with Gasteiger partial charge in [-0.25, -0.2) is 9.78 Å². The first-order valence-electron chi connectivity index (χ1n) is 17.1. The van der Waals surface area contributed by atoms with Gasteiger partial charge >= 0.3 is 12.3 Å². The number of imidazole rings is 1. The maximum atomic E-state index is 13.9. The number of piperidine rings is 1. The Balaban J connectivity index is 1.55. The van der Waals surface area contributed by atoms with Gasteiger partial charge in [-0.3, -0.25) is 14.4 Å². The highest BCUT2D eigenvalue weighted by Gasteiger charge is 2.36. The summed E-state index contributed by atoms with van der Waals surface area (Å²) in [5.41, 5.74) is -2.01. The van der Waals surface area contributed by atoms with Crippen molar-refractivity contribution in [2.45, 2.75) is 90.4 Å². The summed E-state index contributed by atoms with van der Waals surface area (Å²) in [5, 5.41) is 7.80. The van der Waals surface area contributed by atoms with Gasteiger partial charge < -0.3 is 34.9 Å². The Kier molecular flexibility index (Phi) is 12.7. The van der Waals surface area contributed by atoms with Crippen LogP contribution in [0.4, 0.5) is 23.8 Å². The molecule has 2 unspecified atom stereocenters. The summed E-state index contributed by atoms with van der Waals surface area (Å²) in [6, 6.07) is 11.3. The van der Waals surface area contributed by atoms with E-state index in [1.54, 1.807) is 25.7 Å². The molecule has 4 amide bonds. The van der Waals surface area contributed by atoms with Gasteiger partial charge in [0.05, 0.1) is 25.1 Å². The zero-order valence-corrected chi connectivity index (χ0v) is 30.3. The molecule has 12 nitrogen and oxygen atoms in total. The van der Waals surface area contributed by atoms with Crippen LogP contribution in [-0.4, -0.2) is 75.1 Å². The Morgan fingerprint density at radius 3 is 2.17 bits per heavy atom. The van der Waals surface area contributed by atoms with E-state index in [9.17, 15) is 32.3 Å². The van der Waals surface area contributed by atoms with Gasteiger partial charge in [0.15, 0.2) is 5.82 Å². The molecule has 1 aliphatic rings. The molecule has 0 saturated carbocycles. The minimum atomic E-state index is -4.55. The molecule has 0 spiro atoms. The molecule has 15 heteroatoms. The highest BCUT2D eigenvalue weighted by atomic mass is 19.4. The second-order valence-electron chi connectivity index (χ2n) is 14.5. The van der Waals surface area contributed by atoms with Gasteiger partial charge in [-0.2, -0.15) is 13.2 Å². The van der Waals surface area contributed by atoms with Crippen molar-refractivity contribution in [2.75, 3.05) is 25.0 Å². The highest BCUT2D eigenvalue weighted by Crippen LogP contribution is 2.32. The zero-order valence-electron chi connectivity index (χ0n) is 30.3. The molecule has 282 valence electrons. The summed E-state index contributed by atoms with van der Waals surface area (Å²) < 4.78 is 52.6. The molecule has 0 radical (unpaired) electrons. The quantitative estimate of drug-likeness (QED) is 0.217. The van der Waals surface area contributed by atoms with Crippen LogP contribution in [0.5, 0.6) is 0 Å². The number of rotatable bonds is 12. The van der Waals surface area contributed by atoms with E-state index in [1.165, 1.54) is 43.1 Å². The first kappa shape index (κ1) is 39.9. The Bertz CT molecular complexity index is 1680. The summed E-state index contributed by atoms with van der Waals surface area (Å²) in [5.74, 6) is -1.26. The Hall–Kier alpha value is -4.92. The minimum Gasteiger partial charge on any atom is -0.444 e. The number of hydrogen-bond acceptors (Lipinski definition) is 7. The number of carbonyl (C=O) groups is 4. The predicted molar refractivity (Wildman–Crippen MR) is 187 cm³/mol. The third-order valence-electron chi connectivity index (χ3n) is 8.43. The van der Waals surface area contributed by atoms with E-state index >= 15 is 0 Å². The maximum Gasteiger partial charge on any atom is 0.416 e. The number of carbonyl (C=O) groups excluding carboxylic acids is 4. The Morgan fingerprint density at radius 2 is 1.58 bits per heavy atom. The molecule has 4 rings (SSSR count). The van der Waals surface area contributed by atoms with Gasteiger partial charge in [-0.15, -0.1) is 0 Å². The van der Waals surface area contributed by atoms with Gasteiger partial charge in [0.25, 0.3) is 5.91 Å². The lowest BCUT2D eigenvalue weighted by Crippen LogP contribution is -2.59. The number of halogens is 3. The van der Waals surface area contributed by atoms with Crippen molar-refractivity contribution < 1.29 is 41.8 Å². The molecule has 0 aliphatic carbocycles. The van der Waals surface area contributed by atoms with Crippen molar-refractivity contribution in [3.63, 3.8) is 0 Å². The number of benzene rings is 2. The number of alkyl carbamates (subject to hydrolysis) is 1. The molecule has 1 aliphatic heterocycles. The lowest BCUT2D eigenvalue weighted by Gasteiger charge is -2.33. The lowest BCUT2D eigenvalue weighted by molar-refractivity contribution is -0.137. The fraction of sp³-hybridized carbons (Fsp3) is 0.486. The fourth-order valence-electron chi connectivity index (χ4n) is 5.46. The summed E-state index contributed by atoms with van der Waals surface area (Å²) in [6.45, 7) is 10.9. The van der Waals surface area contributed by atoms with Crippen molar-refractivity contribution in [3.8, 4) is 0 Å². The second-order valence-corrected chi connectivity index (χ2v) is 14.5. The van der Waals surface area contributed by atoms with Crippen molar-refractivity contribution in [2.24, 2.45) is 5.92 Å². The van der Waals surface area contributed by atoms with Crippen LogP contribution in [0.2, 0.25) is 0 Å². The first-order valence-corrected chi connectivity index (χ1v) is 17.1. The topological polar surface area (TPSA) is 144 Å². The molecule has 2 atom stereocenters. The highest BCUT2D eigenvalue weighted by molar-refractivity contribution is 5.98. The molecule has 0 bridgehead atoms. The van der Waals surface area contributed by atoms with Crippen molar-refractivity contribution in [3.05, 3.63) is 83.8 Å². The number of likely N-dealkylation sites (tertiary alicyclic amines) is 1. The number of nitrogens with zero attached hydrogens (tertiary/aromatic N) is 3. The van der Waals surface area contributed by atoms with Gasteiger partial charge in [-0.05, 0) is 76.6 Å². The fourth-order valence-corrected chi connectivity index (χ4v) is 5.46. The molecular weight excluding hydrogens is 681 g/mol. The van der Waals surface area contributed by atoms with Crippen LogP contribution in [-0.2, 0) is 36.6 Å². The summed E-state index contributed by atoms with van der Waals surface area (Å²) in [6.07, 6.45) is -1.07. The molecule has 1 aromatic heterocycles. The van der Waals surface area contributed by atoms with Crippen LogP contribution in [0.1, 0.15) is 77.1 Å². The molecule has 2 heterocycles. The van der Waals surface area contributed by atoms with Crippen LogP contribution in [0.3, 0.4) is 0 Å². The number of anilines is 1. The van der Waals surface area contributed by atoms with Crippen molar-refractivity contribution in [1.82, 2.24) is 25.1 Å². The number of ether oxygens (including phenoxy) is 2.